The molecule has 0 unspecified atom stereocenters. The summed E-state index contributed by atoms with van der Waals surface area (Å²) in [6, 6.07) is 0. The van der Waals surface area contributed by atoms with Crippen LogP contribution >= 0.6 is 0 Å². The number of hydrogen-bond donors (Lipinski definition) is 1. The number of carboxylic acids is 1. The van der Waals surface area contributed by atoms with Crippen LogP contribution in [0.1, 0.15) is 58.8 Å². The Balaban J connectivity index is 3.13. The van der Waals surface area contributed by atoms with Crippen LogP contribution in [0.2, 0.25) is 0 Å². The summed E-state index contributed by atoms with van der Waals surface area (Å²) in [5.74, 6) is -0.787. The molecule has 0 fully saturated rings. The van der Waals surface area contributed by atoms with E-state index in [0.29, 0.717) is 6.61 Å². The van der Waals surface area contributed by atoms with Gasteiger partial charge in [-0.2, -0.15) is 0 Å². The molecular weight excluding hydrogens is 192 g/mol. The smallest absolute Gasteiger partial charge is 0.305 e. The van der Waals surface area contributed by atoms with Gasteiger partial charge < -0.3 is 9.84 Å². The molecule has 0 aromatic heterocycles. The van der Waals surface area contributed by atoms with Gasteiger partial charge >= 0.3 is 5.97 Å². The quantitative estimate of drug-likeness (QED) is 0.570. The molecule has 15 heavy (non-hydrogen) atoms. The average Bonchev–Trinajstić information content (AvgIpc) is 2.15. The highest BCUT2D eigenvalue weighted by Gasteiger charge is 2.06. The Morgan fingerprint density at radius 3 is 2.40 bits per heavy atom. The number of ether oxygens (including phenoxy) is 1. The second-order valence-corrected chi connectivity index (χ2v) is 4.05. The second kappa shape index (κ2) is 9.97. The Morgan fingerprint density at radius 1 is 1.20 bits per heavy atom. The summed E-state index contributed by atoms with van der Waals surface area (Å²) in [5.41, 5.74) is 0. The van der Waals surface area contributed by atoms with Crippen molar-refractivity contribution in [3.8, 4) is 0 Å². The first-order chi connectivity index (χ1) is 7.16. The Labute approximate surface area is 92.8 Å². The fourth-order valence-electron chi connectivity index (χ4n) is 1.47. The van der Waals surface area contributed by atoms with Crippen LogP contribution in [-0.2, 0) is 9.53 Å². The van der Waals surface area contributed by atoms with Gasteiger partial charge in [-0.1, -0.05) is 39.0 Å². The van der Waals surface area contributed by atoms with E-state index in [2.05, 4.69) is 6.92 Å². The number of rotatable bonds is 10. The highest BCUT2D eigenvalue weighted by atomic mass is 16.5. The number of aliphatic carboxylic acids is 1. The minimum Gasteiger partial charge on any atom is -0.481 e. The Bertz CT molecular complexity index is 157. The lowest BCUT2D eigenvalue weighted by atomic mass is 10.1. The summed E-state index contributed by atoms with van der Waals surface area (Å²) < 4.78 is 5.38. The fourth-order valence-corrected chi connectivity index (χ4v) is 1.47. The summed E-state index contributed by atoms with van der Waals surface area (Å²) in [4.78, 5) is 10.3. The highest BCUT2D eigenvalue weighted by Crippen LogP contribution is 2.06. The molecule has 1 atom stereocenters. The molecule has 1 N–H and O–H groups in total. The molecule has 0 saturated heterocycles. The van der Waals surface area contributed by atoms with Gasteiger partial charge in [0.15, 0.2) is 0 Å². The van der Waals surface area contributed by atoms with E-state index >= 15 is 0 Å². The SMILES string of the molecule is CCCCCCCCO[C@@H](C)CC(=O)O. The van der Waals surface area contributed by atoms with Crippen molar-refractivity contribution in [2.75, 3.05) is 6.61 Å². The average molecular weight is 216 g/mol. The molecule has 0 saturated carbocycles. The zero-order valence-corrected chi connectivity index (χ0v) is 10.00. The Kier molecular flexibility index (Phi) is 9.59. The fraction of sp³-hybridized carbons (Fsp3) is 0.917. The van der Waals surface area contributed by atoms with E-state index in [0.717, 1.165) is 6.42 Å². The molecule has 0 aliphatic carbocycles. The predicted octanol–water partition coefficient (Wildman–Crippen LogP) is 3.23. The molecule has 90 valence electrons. The van der Waals surface area contributed by atoms with E-state index in [1.165, 1.54) is 32.1 Å². The molecule has 0 aromatic rings. The maximum Gasteiger partial charge on any atom is 0.305 e. The van der Waals surface area contributed by atoms with E-state index in [-0.39, 0.29) is 12.5 Å². The standard InChI is InChI=1S/C12H24O3/c1-3-4-5-6-7-8-9-15-11(2)10-12(13)14/h11H,3-10H2,1-2H3,(H,13,14)/t11-/m0/s1. The minimum absolute atomic E-state index is 0.107. The maximum atomic E-state index is 10.3. The lowest BCUT2D eigenvalue weighted by Crippen LogP contribution is -2.14. The van der Waals surface area contributed by atoms with Gasteiger partial charge in [0.25, 0.3) is 0 Å². The Hall–Kier alpha value is -0.570. The van der Waals surface area contributed by atoms with Crippen molar-refractivity contribution in [2.45, 2.75) is 64.9 Å². The molecule has 3 heteroatoms. The van der Waals surface area contributed by atoms with Crippen LogP contribution in [0.5, 0.6) is 0 Å². The molecule has 0 aliphatic heterocycles. The first kappa shape index (κ1) is 14.4. The third kappa shape index (κ3) is 11.4. The first-order valence-electron chi connectivity index (χ1n) is 6.00. The molecule has 0 heterocycles. The summed E-state index contributed by atoms with van der Waals surface area (Å²) in [6.07, 6.45) is 7.36. The number of carboxylic acid groups (broad SMARTS) is 1. The van der Waals surface area contributed by atoms with Gasteiger partial charge in [-0.3, -0.25) is 4.79 Å². The molecule has 0 bridgehead atoms. The minimum atomic E-state index is -0.787. The van der Waals surface area contributed by atoms with Crippen LogP contribution in [0.4, 0.5) is 0 Å². The van der Waals surface area contributed by atoms with Gasteiger partial charge in [-0.15, -0.1) is 0 Å². The normalized spacial score (nSPS) is 12.7. The van der Waals surface area contributed by atoms with Gasteiger partial charge in [-0.05, 0) is 13.3 Å². The zero-order valence-electron chi connectivity index (χ0n) is 10.00. The topological polar surface area (TPSA) is 46.5 Å². The lowest BCUT2D eigenvalue weighted by molar-refractivity contribution is -0.139. The van der Waals surface area contributed by atoms with Crippen molar-refractivity contribution in [2.24, 2.45) is 0 Å². The summed E-state index contributed by atoms with van der Waals surface area (Å²) in [6.45, 7) is 4.71. The largest absolute Gasteiger partial charge is 0.481 e. The number of unbranched alkanes of at least 4 members (excludes halogenated alkanes) is 5. The van der Waals surface area contributed by atoms with E-state index in [4.69, 9.17) is 9.84 Å². The second-order valence-electron chi connectivity index (χ2n) is 4.05. The van der Waals surface area contributed by atoms with Crippen molar-refractivity contribution < 1.29 is 14.6 Å². The number of carbonyl (C=O) groups is 1. The molecule has 0 aromatic carbocycles. The zero-order chi connectivity index (χ0) is 11.5. The van der Waals surface area contributed by atoms with E-state index in [9.17, 15) is 4.79 Å². The van der Waals surface area contributed by atoms with Crippen LogP contribution in [0.25, 0.3) is 0 Å². The monoisotopic (exact) mass is 216 g/mol. The Morgan fingerprint density at radius 2 is 1.80 bits per heavy atom. The van der Waals surface area contributed by atoms with Gasteiger partial charge in [0.1, 0.15) is 0 Å². The van der Waals surface area contributed by atoms with Gasteiger partial charge in [0.05, 0.1) is 12.5 Å². The summed E-state index contributed by atoms with van der Waals surface area (Å²) >= 11 is 0. The summed E-state index contributed by atoms with van der Waals surface area (Å²) in [7, 11) is 0. The molecule has 0 rings (SSSR count). The third-order valence-corrected chi connectivity index (χ3v) is 2.36. The number of hydrogen-bond acceptors (Lipinski definition) is 2. The van der Waals surface area contributed by atoms with Crippen LogP contribution in [0.3, 0.4) is 0 Å². The van der Waals surface area contributed by atoms with Crippen molar-refractivity contribution in [3.05, 3.63) is 0 Å². The van der Waals surface area contributed by atoms with Gasteiger partial charge in [0.2, 0.25) is 0 Å². The van der Waals surface area contributed by atoms with E-state index in [1.54, 1.807) is 0 Å². The molecule has 0 aliphatic rings. The third-order valence-electron chi connectivity index (χ3n) is 2.36. The molecular formula is C12H24O3. The summed E-state index contributed by atoms with van der Waals surface area (Å²) in [5, 5.41) is 8.50. The predicted molar refractivity (Wildman–Crippen MR) is 61.0 cm³/mol. The van der Waals surface area contributed by atoms with Crippen molar-refractivity contribution in [1.82, 2.24) is 0 Å². The van der Waals surface area contributed by atoms with Gasteiger partial charge in [-0.25, -0.2) is 0 Å². The first-order valence-corrected chi connectivity index (χ1v) is 6.00. The van der Waals surface area contributed by atoms with Crippen molar-refractivity contribution in [3.63, 3.8) is 0 Å². The van der Waals surface area contributed by atoms with E-state index in [1.807, 2.05) is 6.92 Å². The van der Waals surface area contributed by atoms with Crippen LogP contribution < -0.4 is 0 Å². The molecule has 0 radical (unpaired) electrons. The highest BCUT2D eigenvalue weighted by molar-refractivity contribution is 5.67. The van der Waals surface area contributed by atoms with Crippen LogP contribution in [0, 0.1) is 0 Å². The molecule has 0 spiro atoms. The van der Waals surface area contributed by atoms with E-state index < -0.39 is 5.97 Å². The van der Waals surface area contributed by atoms with Crippen LogP contribution in [-0.4, -0.2) is 23.8 Å². The maximum absolute atomic E-state index is 10.3. The van der Waals surface area contributed by atoms with Gasteiger partial charge in [0, 0.05) is 6.61 Å². The molecule has 0 amide bonds. The lowest BCUT2D eigenvalue weighted by Gasteiger charge is -2.10. The van der Waals surface area contributed by atoms with Crippen molar-refractivity contribution in [1.29, 1.82) is 0 Å². The van der Waals surface area contributed by atoms with Crippen LogP contribution in [0.15, 0.2) is 0 Å². The molecule has 3 nitrogen and oxygen atoms in total. The van der Waals surface area contributed by atoms with Crippen molar-refractivity contribution >= 4 is 5.97 Å².